The van der Waals surface area contributed by atoms with Gasteiger partial charge in [-0.05, 0) is 42.8 Å². The third kappa shape index (κ3) is 3.86. The molecular weight excluding hydrogens is 300 g/mol. The minimum atomic E-state index is -0.443. The average Bonchev–Trinajstić information content (AvgIpc) is 2.48. The number of aryl methyl sites for hydroxylation is 1. The third-order valence-corrected chi connectivity index (χ3v) is 3.55. The molecule has 4 nitrogen and oxygen atoms in total. The molecule has 2 amide bonds. The molecule has 2 aromatic rings. The first-order chi connectivity index (χ1) is 10.5. The van der Waals surface area contributed by atoms with Crippen molar-refractivity contribution in [2.24, 2.45) is 5.73 Å². The second-order valence-electron chi connectivity index (χ2n) is 4.97. The van der Waals surface area contributed by atoms with Gasteiger partial charge in [0.1, 0.15) is 0 Å². The molecule has 0 bridgehead atoms. The van der Waals surface area contributed by atoms with Gasteiger partial charge in [0.05, 0.1) is 0 Å². The summed E-state index contributed by atoms with van der Waals surface area (Å²) in [6.45, 7) is 2.07. The molecule has 0 radical (unpaired) electrons. The number of hydrogen-bond acceptors (Lipinski definition) is 2. The van der Waals surface area contributed by atoms with Crippen LogP contribution in [-0.4, -0.2) is 18.4 Å². The van der Waals surface area contributed by atoms with Crippen LogP contribution in [-0.2, 0) is 4.79 Å². The summed E-state index contributed by atoms with van der Waals surface area (Å²) < 4.78 is 0. The number of benzene rings is 2. The fourth-order valence-electron chi connectivity index (χ4n) is 2.19. The zero-order valence-electron chi connectivity index (χ0n) is 12.3. The van der Waals surface area contributed by atoms with Crippen LogP contribution in [0.25, 0.3) is 0 Å². The van der Waals surface area contributed by atoms with Crippen LogP contribution in [0.3, 0.4) is 0 Å². The summed E-state index contributed by atoms with van der Waals surface area (Å²) in [4.78, 5) is 25.4. The fraction of sp³-hybridized carbons (Fsp3) is 0.176. The van der Waals surface area contributed by atoms with E-state index in [4.69, 9.17) is 17.3 Å². The normalized spacial score (nSPS) is 10.3. The van der Waals surface area contributed by atoms with Gasteiger partial charge in [-0.25, -0.2) is 0 Å². The van der Waals surface area contributed by atoms with Gasteiger partial charge in [0.15, 0.2) is 0 Å². The molecule has 0 unspecified atom stereocenters. The van der Waals surface area contributed by atoms with Gasteiger partial charge in [0, 0.05) is 29.2 Å². The van der Waals surface area contributed by atoms with Crippen LogP contribution in [0.4, 0.5) is 5.69 Å². The molecule has 5 heteroatoms. The SMILES string of the molecule is Cc1cc(Cl)ccc1C(=O)N(CCC(N)=O)c1ccccc1. The van der Waals surface area contributed by atoms with Crippen molar-refractivity contribution in [2.45, 2.75) is 13.3 Å². The molecule has 0 aliphatic carbocycles. The lowest BCUT2D eigenvalue weighted by Crippen LogP contribution is -2.34. The number of halogens is 1. The number of nitrogens with two attached hydrogens (primary N) is 1. The van der Waals surface area contributed by atoms with E-state index in [0.717, 1.165) is 11.3 Å². The summed E-state index contributed by atoms with van der Waals surface area (Å²) >= 11 is 5.93. The summed E-state index contributed by atoms with van der Waals surface area (Å²) in [7, 11) is 0. The van der Waals surface area contributed by atoms with E-state index in [1.54, 1.807) is 23.1 Å². The molecule has 2 rings (SSSR count). The average molecular weight is 317 g/mol. The van der Waals surface area contributed by atoms with Crippen molar-refractivity contribution in [2.75, 3.05) is 11.4 Å². The molecule has 0 spiro atoms. The van der Waals surface area contributed by atoms with E-state index in [9.17, 15) is 9.59 Å². The number of hydrogen-bond donors (Lipinski definition) is 1. The van der Waals surface area contributed by atoms with Gasteiger partial charge in [-0.3, -0.25) is 9.59 Å². The number of rotatable bonds is 5. The Labute approximate surface area is 134 Å². The van der Waals surface area contributed by atoms with Crippen molar-refractivity contribution in [3.63, 3.8) is 0 Å². The monoisotopic (exact) mass is 316 g/mol. The second-order valence-corrected chi connectivity index (χ2v) is 5.40. The van der Waals surface area contributed by atoms with E-state index in [0.29, 0.717) is 10.6 Å². The maximum absolute atomic E-state index is 12.8. The molecule has 2 N–H and O–H groups in total. The van der Waals surface area contributed by atoms with Crippen LogP contribution in [0.15, 0.2) is 48.5 Å². The van der Waals surface area contributed by atoms with E-state index in [-0.39, 0.29) is 18.9 Å². The van der Waals surface area contributed by atoms with Crippen molar-refractivity contribution in [1.29, 1.82) is 0 Å². The van der Waals surface area contributed by atoms with E-state index in [1.165, 1.54) is 0 Å². The highest BCUT2D eigenvalue weighted by Crippen LogP contribution is 2.21. The van der Waals surface area contributed by atoms with E-state index in [1.807, 2.05) is 37.3 Å². The Kier molecular flexibility index (Phi) is 5.17. The van der Waals surface area contributed by atoms with E-state index < -0.39 is 5.91 Å². The lowest BCUT2D eigenvalue weighted by Gasteiger charge is -2.23. The maximum atomic E-state index is 12.8. The molecule has 22 heavy (non-hydrogen) atoms. The van der Waals surface area contributed by atoms with Crippen LogP contribution in [0.1, 0.15) is 22.3 Å². The Bertz CT molecular complexity index is 686. The van der Waals surface area contributed by atoms with Crippen LogP contribution in [0.5, 0.6) is 0 Å². The molecule has 0 atom stereocenters. The molecule has 0 aromatic heterocycles. The number of carbonyl (C=O) groups is 2. The molecule has 2 aromatic carbocycles. The quantitative estimate of drug-likeness (QED) is 0.920. The summed E-state index contributed by atoms with van der Waals surface area (Å²) in [5.41, 5.74) is 7.28. The molecule has 114 valence electrons. The van der Waals surface area contributed by atoms with Crippen molar-refractivity contribution in [1.82, 2.24) is 0 Å². The number of para-hydroxylation sites is 1. The summed E-state index contributed by atoms with van der Waals surface area (Å²) in [6.07, 6.45) is 0.104. The standard InChI is InChI=1S/C17H17ClN2O2/c1-12-11-13(18)7-8-15(12)17(22)20(10-9-16(19)21)14-5-3-2-4-6-14/h2-8,11H,9-10H2,1H3,(H2,19,21). The van der Waals surface area contributed by atoms with Crippen molar-refractivity contribution in [3.05, 3.63) is 64.7 Å². The summed E-state index contributed by atoms with van der Waals surface area (Å²) in [5, 5.41) is 0.581. The van der Waals surface area contributed by atoms with E-state index in [2.05, 4.69) is 0 Å². The third-order valence-electron chi connectivity index (χ3n) is 3.31. The van der Waals surface area contributed by atoms with E-state index >= 15 is 0 Å². The molecule has 0 aliphatic heterocycles. The predicted molar refractivity (Wildman–Crippen MR) is 88.1 cm³/mol. The van der Waals surface area contributed by atoms with Gasteiger partial charge in [-0.1, -0.05) is 29.8 Å². The Morgan fingerprint density at radius 2 is 1.82 bits per heavy atom. The van der Waals surface area contributed by atoms with Gasteiger partial charge in [0.2, 0.25) is 5.91 Å². The smallest absolute Gasteiger partial charge is 0.258 e. The molecular formula is C17H17ClN2O2. The van der Waals surface area contributed by atoms with Gasteiger partial charge < -0.3 is 10.6 Å². The largest absolute Gasteiger partial charge is 0.370 e. The van der Waals surface area contributed by atoms with Crippen molar-refractivity contribution >= 4 is 29.1 Å². The highest BCUT2D eigenvalue weighted by Gasteiger charge is 2.19. The minimum absolute atomic E-state index is 0.104. The fourth-order valence-corrected chi connectivity index (χ4v) is 2.42. The Morgan fingerprint density at radius 3 is 2.41 bits per heavy atom. The van der Waals surface area contributed by atoms with Gasteiger partial charge in [0.25, 0.3) is 5.91 Å². The number of carbonyl (C=O) groups excluding carboxylic acids is 2. The van der Waals surface area contributed by atoms with Gasteiger partial charge in [-0.15, -0.1) is 0 Å². The Balaban J connectivity index is 2.35. The Hall–Kier alpha value is -2.33. The highest BCUT2D eigenvalue weighted by atomic mass is 35.5. The first-order valence-electron chi connectivity index (χ1n) is 6.90. The number of primary amides is 1. The highest BCUT2D eigenvalue weighted by molar-refractivity contribution is 6.30. The summed E-state index contributed by atoms with van der Waals surface area (Å²) in [5.74, 6) is -0.622. The Morgan fingerprint density at radius 1 is 1.14 bits per heavy atom. The topological polar surface area (TPSA) is 63.4 Å². The molecule has 0 saturated heterocycles. The number of nitrogens with zero attached hydrogens (tertiary/aromatic N) is 1. The van der Waals surface area contributed by atoms with Crippen LogP contribution in [0.2, 0.25) is 5.02 Å². The van der Waals surface area contributed by atoms with Crippen LogP contribution >= 0.6 is 11.6 Å². The second kappa shape index (κ2) is 7.09. The van der Waals surface area contributed by atoms with Crippen molar-refractivity contribution in [3.8, 4) is 0 Å². The zero-order valence-corrected chi connectivity index (χ0v) is 13.0. The number of anilines is 1. The first-order valence-corrected chi connectivity index (χ1v) is 7.28. The molecule has 0 heterocycles. The predicted octanol–water partition coefficient (Wildman–Crippen LogP) is 3.17. The van der Waals surface area contributed by atoms with Gasteiger partial charge >= 0.3 is 0 Å². The van der Waals surface area contributed by atoms with Crippen LogP contribution < -0.4 is 10.6 Å². The lowest BCUT2D eigenvalue weighted by molar-refractivity contribution is -0.117. The maximum Gasteiger partial charge on any atom is 0.258 e. The zero-order chi connectivity index (χ0) is 16.1. The minimum Gasteiger partial charge on any atom is -0.370 e. The molecule has 0 aliphatic rings. The first kappa shape index (κ1) is 16.0. The van der Waals surface area contributed by atoms with Crippen molar-refractivity contribution < 1.29 is 9.59 Å². The summed E-state index contributed by atoms with van der Waals surface area (Å²) in [6, 6.07) is 14.3. The van der Waals surface area contributed by atoms with Crippen LogP contribution in [0, 0.1) is 6.92 Å². The molecule has 0 fully saturated rings. The number of amides is 2. The molecule has 0 saturated carbocycles. The van der Waals surface area contributed by atoms with Gasteiger partial charge in [-0.2, -0.15) is 0 Å². The lowest BCUT2D eigenvalue weighted by atomic mass is 10.1.